The number of nitrogens with one attached hydrogen (secondary N) is 1. The third-order valence-corrected chi connectivity index (χ3v) is 2.09. The molecular weight excluding hydrogens is 166 g/mol. The van der Waals surface area contributed by atoms with Crippen molar-refractivity contribution in [3.05, 3.63) is 17.5 Å². The van der Waals surface area contributed by atoms with E-state index in [1.54, 1.807) is 6.92 Å². The predicted octanol–water partition coefficient (Wildman–Crippen LogP) is 0.199. The lowest BCUT2D eigenvalue weighted by molar-refractivity contribution is 0.191. The Morgan fingerprint density at radius 1 is 1.69 bits per heavy atom. The van der Waals surface area contributed by atoms with Crippen LogP contribution in [0.2, 0.25) is 0 Å². The summed E-state index contributed by atoms with van der Waals surface area (Å²) < 4.78 is 1.85. The fourth-order valence-electron chi connectivity index (χ4n) is 1.13. The number of hydrogen-bond acceptors (Lipinski definition) is 3. The van der Waals surface area contributed by atoms with E-state index >= 15 is 0 Å². The third-order valence-electron chi connectivity index (χ3n) is 2.09. The third kappa shape index (κ3) is 2.82. The van der Waals surface area contributed by atoms with Crippen molar-refractivity contribution in [3.63, 3.8) is 0 Å². The van der Waals surface area contributed by atoms with E-state index in [1.807, 2.05) is 24.9 Å². The number of aliphatic hydroxyl groups excluding tert-OH is 1. The molecule has 0 aliphatic heterocycles. The minimum Gasteiger partial charge on any atom is -0.392 e. The summed E-state index contributed by atoms with van der Waals surface area (Å²) >= 11 is 0. The number of hydrogen-bond donors (Lipinski definition) is 2. The molecule has 0 radical (unpaired) electrons. The van der Waals surface area contributed by atoms with Crippen molar-refractivity contribution >= 4 is 0 Å². The average Bonchev–Trinajstić information content (AvgIpc) is 2.35. The molecule has 0 amide bonds. The van der Waals surface area contributed by atoms with E-state index in [-0.39, 0.29) is 6.10 Å². The lowest BCUT2D eigenvalue weighted by Crippen LogP contribution is -2.24. The van der Waals surface area contributed by atoms with Crippen molar-refractivity contribution < 1.29 is 5.11 Å². The summed E-state index contributed by atoms with van der Waals surface area (Å²) in [6.07, 6.45) is 1.56. The molecule has 1 atom stereocenters. The molecule has 2 N–H and O–H groups in total. The molecule has 0 bridgehead atoms. The molecule has 13 heavy (non-hydrogen) atoms. The van der Waals surface area contributed by atoms with Crippen LogP contribution in [0.3, 0.4) is 0 Å². The van der Waals surface area contributed by atoms with Gasteiger partial charge >= 0.3 is 0 Å². The van der Waals surface area contributed by atoms with Gasteiger partial charge in [-0.3, -0.25) is 4.68 Å². The summed E-state index contributed by atoms with van der Waals surface area (Å²) in [5, 5.41) is 16.3. The molecule has 0 aliphatic carbocycles. The first-order valence-electron chi connectivity index (χ1n) is 4.47. The van der Waals surface area contributed by atoms with Gasteiger partial charge in [-0.25, -0.2) is 0 Å². The van der Waals surface area contributed by atoms with Gasteiger partial charge in [-0.1, -0.05) is 0 Å². The maximum atomic E-state index is 9.02. The SMILES string of the molecule is Cc1c(CNC[C@H](C)O)cnn1C. The monoisotopic (exact) mass is 183 g/mol. The van der Waals surface area contributed by atoms with Gasteiger partial charge in [0.15, 0.2) is 0 Å². The van der Waals surface area contributed by atoms with Gasteiger partial charge in [0, 0.05) is 31.4 Å². The van der Waals surface area contributed by atoms with Gasteiger partial charge in [0.25, 0.3) is 0 Å². The largest absolute Gasteiger partial charge is 0.392 e. The molecule has 1 aromatic rings. The fourth-order valence-corrected chi connectivity index (χ4v) is 1.13. The summed E-state index contributed by atoms with van der Waals surface area (Å²) in [4.78, 5) is 0. The molecule has 1 rings (SSSR count). The second-order valence-corrected chi connectivity index (χ2v) is 3.36. The number of nitrogens with zero attached hydrogens (tertiary/aromatic N) is 2. The van der Waals surface area contributed by atoms with Crippen LogP contribution in [-0.4, -0.2) is 27.5 Å². The molecule has 4 nitrogen and oxygen atoms in total. The summed E-state index contributed by atoms with van der Waals surface area (Å²) in [5.74, 6) is 0. The van der Waals surface area contributed by atoms with Gasteiger partial charge in [-0.15, -0.1) is 0 Å². The predicted molar refractivity (Wildman–Crippen MR) is 51.3 cm³/mol. The van der Waals surface area contributed by atoms with Crippen LogP contribution in [0.4, 0.5) is 0 Å². The normalized spacial score (nSPS) is 13.2. The van der Waals surface area contributed by atoms with E-state index in [0.29, 0.717) is 6.54 Å². The van der Waals surface area contributed by atoms with Crippen LogP contribution >= 0.6 is 0 Å². The maximum absolute atomic E-state index is 9.02. The molecule has 0 aliphatic rings. The summed E-state index contributed by atoms with van der Waals surface area (Å²) in [7, 11) is 1.92. The molecule has 0 spiro atoms. The zero-order valence-electron chi connectivity index (χ0n) is 8.41. The van der Waals surface area contributed by atoms with E-state index in [1.165, 1.54) is 5.56 Å². The van der Waals surface area contributed by atoms with Crippen LogP contribution in [0.25, 0.3) is 0 Å². The topological polar surface area (TPSA) is 50.1 Å². The fraction of sp³-hybridized carbons (Fsp3) is 0.667. The lowest BCUT2D eigenvalue weighted by atomic mass is 10.2. The number of aliphatic hydroxyl groups is 1. The summed E-state index contributed by atoms with van der Waals surface area (Å²) in [6.45, 7) is 5.19. The summed E-state index contributed by atoms with van der Waals surface area (Å²) in [6, 6.07) is 0. The van der Waals surface area contributed by atoms with E-state index in [4.69, 9.17) is 5.11 Å². The molecule has 4 heteroatoms. The Morgan fingerprint density at radius 3 is 2.85 bits per heavy atom. The van der Waals surface area contributed by atoms with Crippen molar-refractivity contribution in [1.82, 2.24) is 15.1 Å². The average molecular weight is 183 g/mol. The van der Waals surface area contributed by atoms with Crippen LogP contribution < -0.4 is 5.32 Å². The molecule has 0 fully saturated rings. The molecule has 0 unspecified atom stereocenters. The van der Waals surface area contributed by atoms with Crippen molar-refractivity contribution in [2.75, 3.05) is 6.54 Å². The maximum Gasteiger partial charge on any atom is 0.0636 e. The Bertz CT molecular complexity index is 268. The second kappa shape index (κ2) is 4.39. The van der Waals surface area contributed by atoms with Crippen LogP contribution in [0.1, 0.15) is 18.2 Å². The second-order valence-electron chi connectivity index (χ2n) is 3.36. The van der Waals surface area contributed by atoms with Gasteiger partial charge in [0.2, 0.25) is 0 Å². The molecule has 1 aromatic heterocycles. The molecule has 1 heterocycles. The Balaban J connectivity index is 2.41. The van der Waals surface area contributed by atoms with Gasteiger partial charge in [-0.2, -0.15) is 5.10 Å². The Hall–Kier alpha value is -0.870. The zero-order valence-corrected chi connectivity index (χ0v) is 8.41. The van der Waals surface area contributed by atoms with Gasteiger partial charge < -0.3 is 10.4 Å². The van der Waals surface area contributed by atoms with E-state index in [0.717, 1.165) is 12.2 Å². The van der Waals surface area contributed by atoms with E-state index in [9.17, 15) is 0 Å². The van der Waals surface area contributed by atoms with Gasteiger partial charge in [0.05, 0.1) is 12.3 Å². The molecule has 0 saturated carbocycles. The van der Waals surface area contributed by atoms with Crippen molar-refractivity contribution in [2.45, 2.75) is 26.5 Å². The van der Waals surface area contributed by atoms with Gasteiger partial charge in [-0.05, 0) is 13.8 Å². The van der Waals surface area contributed by atoms with E-state index < -0.39 is 0 Å². The van der Waals surface area contributed by atoms with Crippen LogP contribution in [0, 0.1) is 6.92 Å². The molecular formula is C9H17N3O. The van der Waals surface area contributed by atoms with Crippen LogP contribution in [0.15, 0.2) is 6.20 Å². The minimum atomic E-state index is -0.294. The Labute approximate surface area is 78.6 Å². The number of aromatic nitrogens is 2. The molecule has 0 saturated heterocycles. The standard InChI is InChI=1S/C9H17N3O/c1-7(13)4-10-5-9-6-11-12(3)8(9)2/h6-7,10,13H,4-5H2,1-3H3/t7-/m0/s1. The number of aryl methyl sites for hydroxylation is 1. The first-order valence-corrected chi connectivity index (χ1v) is 4.47. The van der Waals surface area contributed by atoms with Gasteiger partial charge in [0.1, 0.15) is 0 Å². The van der Waals surface area contributed by atoms with Crippen LogP contribution in [0.5, 0.6) is 0 Å². The molecule has 74 valence electrons. The zero-order chi connectivity index (χ0) is 9.84. The highest BCUT2D eigenvalue weighted by Gasteiger charge is 2.02. The smallest absolute Gasteiger partial charge is 0.0636 e. The minimum absolute atomic E-state index is 0.294. The highest BCUT2D eigenvalue weighted by atomic mass is 16.3. The highest BCUT2D eigenvalue weighted by molar-refractivity contribution is 5.15. The van der Waals surface area contributed by atoms with E-state index in [2.05, 4.69) is 10.4 Å². The quantitative estimate of drug-likeness (QED) is 0.701. The lowest BCUT2D eigenvalue weighted by Gasteiger charge is -2.05. The first-order chi connectivity index (χ1) is 6.11. The van der Waals surface area contributed by atoms with Crippen LogP contribution in [-0.2, 0) is 13.6 Å². The summed E-state index contributed by atoms with van der Waals surface area (Å²) in [5.41, 5.74) is 2.35. The highest BCUT2D eigenvalue weighted by Crippen LogP contribution is 2.04. The van der Waals surface area contributed by atoms with Crippen molar-refractivity contribution in [2.24, 2.45) is 7.05 Å². The first kappa shape index (κ1) is 10.2. The molecule has 0 aromatic carbocycles. The van der Waals surface area contributed by atoms with Crippen molar-refractivity contribution in [3.8, 4) is 0 Å². The number of rotatable bonds is 4. The Kier molecular flexibility index (Phi) is 3.45. The Morgan fingerprint density at radius 2 is 2.38 bits per heavy atom. The van der Waals surface area contributed by atoms with Crippen molar-refractivity contribution in [1.29, 1.82) is 0 Å².